The summed E-state index contributed by atoms with van der Waals surface area (Å²) in [5.41, 5.74) is -1.08. The molecule has 1 unspecified atom stereocenters. The summed E-state index contributed by atoms with van der Waals surface area (Å²) < 4.78 is 38.5. The Morgan fingerprint density at radius 2 is 1.92 bits per heavy atom. The molecule has 1 N–H and O–H groups in total. The van der Waals surface area contributed by atoms with Gasteiger partial charge in [0.1, 0.15) is 5.56 Å². The zero-order chi connectivity index (χ0) is 19.5. The highest BCUT2D eigenvalue weighted by Gasteiger charge is 2.31. The molecule has 0 saturated heterocycles. The highest BCUT2D eigenvalue weighted by Crippen LogP contribution is 2.31. The van der Waals surface area contributed by atoms with Gasteiger partial charge in [-0.05, 0) is 43.0 Å². The first-order valence-electron chi connectivity index (χ1n) is 7.44. The Kier molecular flexibility index (Phi) is 5.91. The average molecular weight is 384 g/mol. The fraction of sp³-hybridized carbons (Fsp3) is 0.235. The van der Waals surface area contributed by atoms with Gasteiger partial charge in [-0.15, -0.1) is 11.8 Å². The number of thioether (sulfide) groups is 1. The van der Waals surface area contributed by atoms with Crippen molar-refractivity contribution >= 4 is 23.4 Å². The fourth-order valence-corrected chi connectivity index (χ4v) is 2.77. The number of hydrogen-bond donors (Lipinski definition) is 1. The highest BCUT2D eigenvalue weighted by atomic mass is 32.2. The van der Waals surface area contributed by atoms with Gasteiger partial charge in [0.05, 0.1) is 16.5 Å². The molecule has 2 aromatic carbocycles. The van der Waals surface area contributed by atoms with Gasteiger partial charge in [-0.1, -0.05) is 12.1 Å². The van der Waals surface area contributed by atoms with Crippen LogP contribution in [-0.2, 0) is 6.18 Å². The van der Waals surface area contributed by atoms with Crippen LogP contribution in [0.2, 0.25) is 0 Å². The largest absolute Gasteiger partial charge is 0.416 e. The molecule has 26 heavy (non-hydrogen) atoms. The normalized spacial score (nSPS) is 12.5. The Labute approximate surface area is 151 Å². The number of nitro groups is 1. The molecule has 1 atom stereocenters. The lowest BCUT2D eigenvalue weighted by atomic mass is 10.0. The van der Waals surface area contributed by atoms with Gasteiger partial charge in [-0.2, -0.15) is 13.2 Å². The number of carbonyl (C=O) groups is 1. The lowest BCUT2D eigenvalue weighted by molar-refractivity contribution is -0.385. The molecule has 0 radical (unpaired) electrons. The maximum atomic E-state index is 12.8. The van der Waals surface area contributed by atoms with Crippen LogP contribution in [0.5, 0.6) is 0 Å². The number of nitro benzene ring substituents is 1. The van der Waals surface area contributed by atoms with Crippen LogP contribution in [0.15, 0.2) is 47.4 Å². The van der Waals surface area contributed by atoms with Crippen molar-refractivity contribution in [1.82, 2.24) is 5.32 Å². The fourth-order valence-electron chi connectivity index (χ4n) is 2.33. The number of halogens is 3. The number of nitrogens with zero attached hydrogens (tertiary/aromatic N) is 1. The van der Waals surface area contributed by atoms with E-state index in [4.69, 9.17) is 0 Å². The SMILES string of the molecule is CSc1ccc([N+](=O)[O-])c(C(=O)NC(C)c2cccc(C(F)(F)F)c2)c1. The maximum Gasteiger partial charge on any atom is 0.416 e. The monoisotopic (exact) mass is 384 g/mol. The van der Waals surface area contributed by atoms with Crippen molar-refractivity contribution < 1.29 is 22.9 Å². The van der Waals surface area contributed by atoms with Gasteiger partial charge in [-0.25, -0.2) is 0 Å². The predicted molar refractivity (Wildman–Crippen MR) is 92.2 cm³/mol. The van der Waals surface area contributed by atoms with Crippen molar-refractivity contribution in [2.45, 2.75) is 24.0 Å². The first-order chi connectivity index (χ1) is 12.1. The minimum absolute atomic E-state index is 0.138. The van der Waals surface area contributed by atoms with Gasteiger partial charge in [-0.3, -0.25) is 14.9 Å². The van der Waals surface area contributed by atoms with Gasteiger partial charge in [0.2, 0.25) is 0 Å². The molecule has 138 valence electrons. The van der Waals surface area contributed by atoms with Crippen LogP contribution >= 0.6 is 11.8 Å². The molecule has 0 heterocycles. The van der Waals surface area contributed by atoms with Crippen molar-refractivity contribution in [2.24, 2.45) is 0 Å². The molecule has 2 aromatic rings. The molecule has 1 amide bonds. The van der Waals surface area contributed by atoms with Gasteiger partial charge >= 0.3 is 6.18 Å². The van der Waals surface area contributed by atoms with E-state index in [0.717, 1.165) is 12.1 Å². The summed E-state index contributed by atoms with van der Waals surface area (Å²) in [5, 5.41) is 13.6. The number of alkyl halides is 3. The van der Waals surface area contributed by atoms with Crippen LogP contribution in [0.4, 0.5) is 18.9 Å². The zero-order valence-corrected chi connectivity index (χ0v) is 14.6. The number of carbonyl (C=O) groups excluding carboxylic acids is 1. The van der Waals surface area contributed by atoms with E-state index in [2.05, 4.69) is 5.32 Å². The van der Waals surface area contributed by atoms with Crippen LogP contribution in [0.25, 0.3) is 0 Å². The topological polar surface area (TPSA) is 72.2 Å². The Morgan fingerprint density at radius 1 is 1.23 bits per heavy atom. The highest BCUT2D eigenvalue weighted by molar-refractivity contribution is 7.98. The van der Waals surface area contributed by atoms with E-state index >= 15 is 0 Å². The summed E-state index contributed by atoms with van der Waals surface area (Å²) in [5.74, 6) is -0.725. The molecular formula is C17H15F3N2O3S. The first kappa shape index (κ1) is 19.8. The molecule has 0 aliphatic rings. The quantitative estimate of drug-likeness (QED) is 0.455. The molecule has 0 aliphatic heterocycles. The van der Waals surface area contributed by atoms with E-state index in [0.29, 0.717) is 4.90 Å². The second-order valence-electron chi connectivity index (χ2n) is 5.46. The minimum atomic E-state index is -4.49. The number of amides is 1. The predicted octanol–water partition coefficient (Wildman–Crippen LogP) is 4.83. The summed E-state index contributed by atoms with van der Waals surface area (Å²) in [6.45, 7) is 1.51. The lowest BCUT2D eigenvalue weighted by Gasteiger charge is -2.16. The second kappa shape index (κ2) is 7.77. The molecule has 0 saturated carbocycles. The van der Waals surface area contributed by atoms with Gasteiger partial charge in [0.25, 0.3) is 11.6 Å². The van der Waals surface area contributed by atoms with Crippen LogP contribution in [0, 0.1) is 10.1 Å². The second-order valence-corrected chi connectivity index (χ2v) is 6.34. The van der Waals surface area contributed by atoms with Crippen LogP contribution in [0.3, 0.4) is 0 Å². The molecule has 0 spiro atoms. The molecule has 0 aromatic heterocycles. The van der Waals surface area contributed by atoms with Crippen molar-refractivity contribution in [3.8, 4) is 0 Å². The number of benzene rings is 2. The van der Waals surface area contributed by atoms with Gasteiger partial charge in [0.15, 0.2) is 0 Å². The third kappa shape index (κ3) is 4.54. The van der Waals surface area contributed by atoms with Gasteiger partial charge < -0.3 is 5.32 Å². The molecule has 0 fully saturated rings. The smallest absolute Gasteiger partial charge is 0.345 e. The molecule has 0 aliphatic carbocycles. The third-order valence-corrected chi connectivity index (χ3v) is 4.43. The van der Waals surface area contributed by atoms with E-state index in [1.54, 1.807) is 6.26 Å². The summed E-state index contributed by atoms with van der Waals surface area (Å²) >= 11 is 1.31. The van der Waals surface area contributed by atoms with Crippen LogP contribution in [0.1, 0.15) is 34.5 Å². The molecule has 5 nitrogen and oxygen atoms in total. The zero-order valence-electron chi connectivity index (χ0n) is 13.8. The number of hydrogen-bond acceptors (Lipinski definition) is 4. The van der Waals surface area contributed by atoms with Crippen molar-refractivity contribution in [1.29, 1.82) is 0 Å². The Bertz CT molecular complexity index is 840. The summed E-state index contributed by atoms with van der Waals surface area (Å²) in [7, 11) is 0. The summed E-state index contributed by atoms with van der Waals surface area (Å²) in [6, 6.07) is 7.96. The van der Waals surface area contributed by atoms with E-state index in [-0.39, 0.29) is 16.8 Å². The van der Waals surface area contributed by atoms with E-state index in [1.807, 2.05) is 0 Å². The first-order valence-corrected chi connectivity index (χ1v) is 8.66. The average Bonchev–Trinajstić information content (AvgIpc) is 2.60. The lowest BCUT2D eigenvalue weighted by Crippen LogP contribution is -2.27. The molecule has 2 rings (SSSR count). The number of nitrogens with one attached hydrogen (secondary N) is 1. The summed E-state index contributed by atoms with van der Waals surface area (Å²) in [6.07, 6.45) is -2.74. The van der Waals surface area contributed by atoms with E-state index in [9.17, 15) is 28.1 Å². The standard InChI is InChI=1S/C17H15F3N2O3S/c1-10(11-4-3-5-12(8-11)17(18,19)20)21-16(23)14-9-13(26-2)6-7-15(14)22(24)25/h3-10H,1-2H3,(H,21,23). The Morgan fingerprint density at radius 3 is 2.50 bits per heavy atom. The van der Waals surface area contributed by atoms with E-state index < -0.39 is 28.6 Å². The van der Waals surface area contributed by atoms with Crippen molar-refractivity contribution in [3.05, 3.63) is 69.3 Å². The van der Waals surface area contributed by atoms with Crippen LogP contribution in [-0.4, -0.2) is 17.1 Å². The Balaban J connectivity index is 2.29. The molecule has 9 heteroatoms. The Hall–Kier alpha value is -2.55. The molecule has 0 bridgehead atoms. The van der Waals surface area contributed by atoms with E-state index in [1.165, 1.54) is 49.0 Å². The molecular weight excluding hydrogens is 369 g/mol. The van der Waals surface area contributed by atoms with Crippen LogP contribution < -0.4 is 5.32 Å². The summed E-state index contributed by atoms with van der Waals surface area (Å²) in [4.78, 5) is 23.6. The number of rotatable bonds is 5. The van der Waals surface area contributed by atoms with Crippen molar-refractivity contribution in [2.75, 3.05) is 6.26 Å². The minimum Gasteiger partial charge on any atom is -0.345 e. The van der Waals surface area contributed by atoms with Crippen molar-refractivity contribution in [3.63, 3.8) is 0 Å². The van der Waals surface area contributed by atoms with Gasteiger partial charge in [0, 0.05) is 11.0 Å². The maximum absolute atomic E-state index is 12.8. The third-order valence-electron chi connectivity index (χ3n) is 3.71.